The lowest BCUT2D eigenvalue weighted by Gasteiger charge is -2.24. The van der Waals surface area contributed by atoms with Gasteiger partial charge >= 0.3 is 0 Å². The van der Waals surface area contributed by atoms with Crippen LogP contribution >= 0.6 is 0 Å². The Balaban J connectivity index is 2.42. The summed E-state index contributed by atoms with van der Waals surface area (Å²) in [4.78, 5) is 4.48. The second-order valence-electron chi connectivity index (χ2n) is 5.07. The number of benzene rings is 1. The zero-order valence-corrected chi connectivity index (χ0v) is 12.1. The Hall–Kier alpha value is -1.75. The van der Waals surface area contributed by atoms with Crippen LogP contribution in [0.5, 0.6) is 0 Å². The summed E-state index contributed by atoms with van der Waals surface area (Å²) in [6.07, 6.45) is 1.67. The minimum atomic E-state index is -0.279. The van der Waals surface area contributed by atoms with Crippen LogP contribution in [0.15, 0.2) is 22.7 Å². The molecule has 0 aliphatic rings. The summed E-state index contributed by atoms with van der Waals surface area (Å²) >= 11 is 0. The first-order valence-electron chi connectivity index (χ1n) is 6.87. The van der Waals surface area contributed by atoms with Crippen molar-refractivity contribution in [3.05, 3.63) is 35.5 Å². The van der Waals surface area contributed by atoms with Crippen molar-refractivity contribution in [3.8, 4) is 11.4 Å². The van der Waals surface area contributed by atoms with Gasteiger partial charge in [0.15, 0.2) is 0 Å². The van der Waals surface area contributed by atoms with Gasteiger partial charge in [0.25, 0.3) is 0 Å². The maximum Gasteiger partial charge on any atom is 0.234 e. The van der Waals surface area contributed by atoms with Gasteiger partial charge in [-0.15, -0.1) is 0 Å². The zero-order valence-electron chi connectivity index (χ0n) is 12.1. The molecule has 2 rings (SSSR count). The number of aryl methyl sites for hydroxylation is 1. The number of halogens is 1. The molecule has 0 aliphatic heterocycles. The molecule has 1 heterocycles. The molecule has 0 fully saturated rings. The third kappa shape index (κ3) is 2.45. The Kier molecular flexibility index (Phi) is 4.18. The van der Waals surface area contributed by atoms with Gasteiger partial charge < -0.3 is 10.3 Å². The van der Waals surface area contributed by atoms with E-state index in [0.717, 1.165) is 24.0 Å². The fraction of sp³-hybridized carbons (Fsp3) is 0.467. The first-order valence-corrected chi connectivity index (χ1v) is 6.87. The average molecular weight is 277 g/mol. The molecule has 0 spiro atoms. The van der Waals surface area contributed by atoms with E-state index in [0.29, 0.717) is 18.3 Å². The van der Waals surface area contributed by atoms with E-state index in [9.17, 15) is 4.39 Å². The largest absolute Gasteiger partial charge is 0.338 e. The molecule has 0 bridgehead atoms. The molecule has 108 valence electrons. The Morgan fingerprint density at radius 2 is 2.00 bits per heavy atom. The first-order chi connectivity index (χ1) is 9.56. The number of nitrogens with zero attached hydrogens (tertiary/aromatic N) is 2. The van der Waals surface area contributed by atoms with Gasteiger partial charge in [-0.2, -0.15) is 4.98 Å². The van der Waals surface area contributed by atoms with Crippen molar-refractivity contribution in [2.24, 2.45) is 5.73 Å². The van der Waals surface area contributed by atoms with Crippen LogP contribution in [-0.4, -0.2) is 16.7 Å². The van der Waals surface area contributed by atoms with Crippen LogP contribution in [0.3, 0.4) is 0 Å². The number of hydrogen-bond acceptors (Lipinski definition) is 4. The van der Waals surface area contributed by atoms with E-state index in [4.69, 9.17) is 10.3 Å². The van der Waals surface area contributed by atoms with Crippen molar-refractivity contribution >= 4 is 0 Å². The highest BCUT2D eigenvalue weighted by Gasteiger charge is 2.33. The maximum absolute atomic E-state index is 13.1. The van der Waals surface area contributed by atoms with E-state index in [1.807, 2.05) is 6.92 Å². The highest BCUT2D eigenvalue weighted by atomic mass is 19.1. The number of nitrogens with two attached hydrogens (primary N) is 1. The van der Waals surface area contributed by atoms with Crippen LogP contribution in [0.1, 0.15) is 38.1 Å². The van der Waals surface area contributed by atoms with E-state index < -0.39 is 0 Å². The minimum Gasteiger partial charge on any atom is -0.338 e. The average Bonchev–Trinajstić information content (AvgIpc) is 2.91. The highest BCUT2D eigenvalue weighted by Crippen LogP contribution is 2.31. The van der Waals surface area contributed by atoms with Crippen molar-refractivity contribution in [1.82, 2.24) is 10.1 Å². The van der Waals surface area contributed by atoms with Gasteiger partial charge in [-0.1, -0.05) is 19.0 Å². The summed E-state index contributed by atoms with van der Waals surface area (Å²) in [6.45, 7) is 6.40. The Morgan fingerprint density at radius 1 is 1.30 bits per heavy atom. The SMILES string of the molecule is CCC(CC)(CN)c1nc(-c2ccc(F)cc2C)no1. The first kappa shape index (κ1) is 14.7. The number of hydrogen-bond donors (Lipinski definition) is 1. The highest BCUT2D eigenvalue weighted by molar-refractivity contribution is 5.59. The van der Waals surface area contributed by atoms with Gasteiger partial charge in [0.2, 0.25) is 11.7 Å². The van der Waals surface area contributed by atoms with Gasteiger partial charge in [0.05, 0.1) is 5.41 Å². The summed E-state index contributed by atoms with van der Waals surface area (Å²) in [7, 11) is 0. The molecule has 0 amide bonds. The zero-order chi connectivity index (χ0) is 14.8. The molecule has 0 atom stereocenters. The van der Waals surface area contributed by atoms with E-state index >= 15 is 0 Å². The summed E-state index contributed by atoms with van der Waals surface area (Å²) in [6, 6.07) is 4.52. The molecule has 4 nitrogen and oxygen atoms in total. The fourth-order valence-corrected chi connectivity index (χ4v) is 2.35. The van der Waals surface area contributed by atoms with Gasteiger partial charge in [0.1, 0.15) is 5.82 Å². The smallest absolute Gasteiger partial charge is 0.234 e. The van der Waals surface area contributed by atoms with Gasteiger partial charge in [0, 0.05) is 12.1 Å². The van der Waals surface area contributed by atoms with Crippen LogP contribution < -0.4 is 5.73 Å². The summed E-state index contributed by atoms with van der Waals surface area (Å²) in [5.74, 6) is 0.773. The molecule has 5 heteroatoms. The molecule has 0 unspecified atom stereocenters. The molecule has 20 heavy (non-hydrogen) atoms. The van der Waals surface area contributed by atoms with Crippen molar-refractivity contribution in [1.29, 1.82) is 0 Å². The Bertz CT molecular complexity index is 582. The molecule has 0 radical (unpaired) electrons. The van der Waals surface area contributed by atoms with Gasteiger partial charge in [-0.25, -0.2) is 4.39 Å². The summed E-state index contributed by atoms with van der Waals surface area (Å²) < 4.78 is 18.5. The summed E-state index contributed by atoms with van der Waals surface area (Å²) in [5, 5.41) is 4.02. The van der Waals surface area contributed by atoms with E-state index in [-0.39, 0.29) is 11.2 Å². The van der Waals surface area contributed by atoms with Crippen LogP contribution in [-0.2, 0) is 5.41 Å². The maximum atomic E-state index is 13.1. The molecular weight excluding hydrogens is 257 g/mol. The molecular formula is C15H20FN3O. The second-order valence-corrected chi connectivity index (χ2v) is 5.07. The Labute approximate surface area is 118 Å². The van der Waals surface area contributed by atoms with Crippen LogP contribution in [0.4, 0.5) is 4.39 Å². The quantitative estimate of drug-likeness (QED) is 0.911. The van der Waals surface area contributed by atoms with Crippen LogP contribution in [0, 0.1) is 12.7 Å². The third-order valence-corrected chi connectivity index (χ3v) is 4.05. The molecule has 1 aromatic carbocycles. The van der Waals surface area contributed by atoms with Crippen molar-refractivity contribution in [3.63, 3.8) is 0 Å². The molecule has 1 aromatic heterocycles. The summed E-state index contributed by atoms with van der Waals surface area (Å²) in [5.41, 5.74) is 7.16. The Morgan fingerprint density at radius 3 is 2.55 bits per heavy atom. The monoisotopic (exact) mass is 277 g/mol. The molecule has 0 saturated heterocycles. The van der Waals surface area contributed by atoms with E-state index in [1.165, 1.54) is 12.1 Å². The van der Waals surface area contributed by atoms with Gasteiger partial charge in [-0.3, -0.25) is 0 Å². The molecule has 2 N–H and O–H groups in total. The van der Waals surface area contributed by atoms with Crippen molar-refractivity contribution in [2.45, 2.75) is 39.0 Å². The lowest BCUT2D eigenvalue weighted by molar-refractivity contribution is 0.267. The lowest BCUT2D eigenvalue weighted by Crippen LogP contribution is -2.34. The van der Waals surface area contributed by atoms with E-state index in [2.05, 4.69) is 24.0 Å². The third-order valence-electron chi connectivity index (χ3n) is 4.05. The van der Waals surface area contributed by atoms with Gasteiger partial charge in [-0.05, 0) is 43.5 Å². The predicted molar refractivity (Wildman–Crippen MR) is 75.7 cm³/mol. The minimum absolute atomic E-state index is 0.270. The predicted octanol–water partition coefficient (Wildman–Crippen LogP) is 3.20. The van der Waals surface area contributed by atoms with E-state index in [1.54, 1.807) is 6.07 Å². The number of rotatable bonds is 5. The molecule has 2 aromatic rings. The van der Waals surface area contributed by atoms with Crippen molar-refractivity contribution in [2.75, 3.05) is 6.54 Å². The van der Waals surface area contributed by atoms with Crippen LogP contribution in [0.25, 0.3) is 11.4 Å². The molecule has 0 aliphatic carbocycles. The van der Waals surface area contributed by atoms with Crippen LogP contribution in [0.2, 0.25) is 0 Å². The fourth-order valence-electron chi connectivity index (χ4n) is 2.35. The topological polar surface area (TPSA) is 64.9 Å². The second kappa shape index (κ2) is 5.71. The lowest BCUT2D eigenvalue weighted by atomic mass is 9.82. The molecule has 0 saturated carbocycles. The normalized spacial score (nSPS) is 11.8. The van der Waals surface area contributed by atoms with Crippen molar-refractivity contribution < 1.29 is 8.91 Å². The number of aromatic nitrogens is 2. The standard InChI is InChI=1S/C15H20FN3O/c1-4-15(5-2,9-17)14-18-13(19-20-14)12-7-6-11(16)8-10(12)3/h6-8H,4-5,9,17H2,1-3H3.